The normalized spacial score (nSPS) is 10.9. The summed E-state index contributed by atoms with van der Waals surface area (Å²) in [6.45, 7) is 4.11. The van der Waals surface area contributed by atoms with Gasteiger partial charge in [-0.2, -0.15) is 0 Å². The number of benzene rings is 2. The van der Waals surface area contributed by atoms with E-state index in [0.29, 0.717) is 0 Å². The summed E-state index contributed by atoms with van der Waals surface area (Å²) in [5.74, 6) is 0.741. The Bertz CT molecular complexity index is 849. The lowest BCUT2D eigenvalue weighted by Gasteiger charge is -2.13. The van der Waals surface area contributed by atoms with Crippen LogP contribution in [-0.2, 0) is 6.61 Å². The van der Waals surface area contributed by atoms with Gasteiger partial charge in [-0.3, -0.25) is 0 Å². The Kier molecular flexibility index (Phi) is 4.09. The lowest BCUT2D eigenvalue weighted by atomic mass is 10.1. The molecule has 0 atom stereocenters. The third-order valence-corrected chi connectivity index (χ3v) is 4.23. The number of nitrogens with zero attached hydrogens (tertiary/aromatic N) is 2. The molecule has 3 rings (SSSR count). The third kappa shape index (κ3) is 2.82. The highest BCUT2D eigenvalue weighted by atomic mass is 79.9. The molecule has 0 aliphatic heterocycles. The molecule has 0 amide bonds. The van der Waals surface area contributed by atoms with E-state index in [-0.39, 0.29) is 6.61 Å². The number of aromatic nitrogens is 2. The second-order valence-corrected chi connectivity index (χ2v) is 6.18. The van der Waals surface area contributed by atoms with Crippen molar-refractivity contribution < 1.29 is 5.11 Å². The van der Waals surface area contributed by atoms with Crippen molar-refractivity contribution in [1.29, 1.82) is 0 Å². The molecule has 0 spiro atoms. The highest BCUT2D eigenvalue weighted by Crippen LogP contribution is 2.28. The van der Waals surface area contributed by atoms with E-state index >= 15 is 0 Å². The molecule has 112 valence electrons. The summed E-state index contributed by atoms with van der Waals surface area (Å²) in [4.78, 5) is 8.69. The molecular weight excluding hydrogens is 342 g/mol. The summed E-state index contributed by atoms with van der Waals surface area (Å²) in [7, 11) is 0. The number of nitrogens with one attached hydrogen (secondary N) is 1. The Hall–Kier alpha value is -1.98. The number of aliphatic hydroxyl groups is 1. The SMILES string of the molecule is Cc1cc2ncnc(Nc3ccc(Br)cc3CO)c2cc1C. The predicted molar refractivity (Wildman–Crippen MR) is 92.4 cm³/mol. The van der Waals surface area contributed by atoms with Crippen LogP contribution in [0.4, 0.5) is 11.5 Å². The molecule has 2 N–H and O–H groups in total. The van der Waals surface area contributed by atoms with Crippen LogP contribution in [-0.4, -0.2) is 15.1 Å². The molecule has 5 heteroatoms. The molecule has 0 aliphatic carbocycles. The number of fused-ring (bicyclic) bond motifs is 1. The van der Waals surface area contributed by atoms with Crippen LogP contribution in [0.1, 0.15) is 16.7 Å². The van der Waals surface area contributed by atoms with Crippen molar-refractivity contribution in [2.75, 3.05) is 5.32 Å². The first-order chi connectivity index (χ1) is 10.6. The molecule has 0 saturated carbocycles. The summed E-state index contributed by atoms with van der Waals surface area (Å²) >= 11 is 3.42. The van der Waals surface area contributed by atoms with Gasteiger partial charge in [-0.05, 0) is 55.3 Å². The van der Waals surface area contributed by atoms with Gasteiger partial charge in [-0.15, -0.1) is 0 Å². The topological polar surface area (TPSA) is 58.0 Å². The Morgan fingerprint density at radius 3 is 2.64 bits per heavy atom. The van der Waals surface area contributed by atoms with E-state index in [1.165, 1.54) is 11.1 Å². The standard InChI is InChI=1S/C17H16BrN3O/c1-10-5-14-16(6-11(10)2)19-9-20-17(14)21-15-4-3-13(18)7-12(15)8-22/h3-7,9,22H,8H2,1-2H3,(H,19,20,21). The number of anilines is 2. The van der Waals surface area contributed by atoms with Gasteiger partial charge in [0.05, 0.1) is 12.1 Å². The fraction of sp³-hybridized carbons (Fsp3) is 0.176. The Labute approximate surface area is 137 Å². The van der Waals surface area contributed by atoms with Gasteiger partial charge in [0, 0.05) is 21.1 Å². The largest absolute Gasteiger partial charge is 0.392 e. The minimum absolute atomic E-state index is 0.0388. The average Bonchev–Trinajstić information content (AvgIpc) is 2.51. The molecule has 1 heterocycles. The van der Waals surface area contributed by atoms with E-state index in [0.717, 1.165) is 32.4 Å². The van der Waals surface area contributed by atoms with Crippen LogP contribution in [0.5, 0.6) is 0 Å². The molecule has 0 aliphatic rings. The van der Waals surface area contributed by atoms with E-state index in [1.807, 2.05) is 18.2 Å². The number of hydrogen-bond donors (Lipinski definition) is 2. The minimum Gasteiger partial charge on any atom is -0.392 e. The van der Waals surface area contributed by atoms with E-state index in [2.05, 4.69) is 57.2 Å². The molecule has 4 nitrogen and oxygen atoms in total. The zero-order chi connectivity index (χ0) is 15.7. The number of hydrogen-bond acceptors (Lipinski definition) is 4. The van der Waals surface area contributed by atoms with Crippen molar-refractivity contribution in [1.82, 2.24) is 9.97 Å². The minimum atomic E-state index is -0.0388. The van der Waals surface area contributed by atoms with E-state index in [4.69, 9.17) is 0 Å². The monoisotopic (exact) mass is 357 g/mol. The van der Waals surface area contributed by atoms with Crippen molar-refractivity contribution in [3.63, 3.8) is 0 Å². The van der Waals surface area contributed by atoms with Gasteiger partial charge in [-0.25, -0.2) is 9.97 Å². The maximum atomic E-state index is 9.52. The van der Waals surface area contributed by atoms with Gasteiger partial charge in [0.1, 0.15) is 12.1 Å². The average molecular weight is 358 g/mol. The number of halogens is 1. The first-order valence-corrected chi connectivity index (χ1v) is 7.76. The first kappa shape index (κ1) is 14.9. The van der Waals surface area contributed by atoms with Crippen LogP contribution in [0.3, 0.4) is 0 Å². The Morgan fingerprint density at radius 1 is 1.09 bits per heavy atom. The maximum absolute atomic E-state index is 9.52. The van der Waals surface area contributed by atoms with Crippen LogP contribution in [0.25, 0.3) is 10.9 Å². The number of rotatable bonds is 3. The van der Waals surface area contributed by atoms with Gasteiger partial charge < -0.3 is 10.4 Å². The molecule has 2 aromatic carbocycles. The van der Waals surface area contributed by atoms with Crippen LogP contribution >= 0.6 is 15.9 Å². The van der Waals surface area contributed by atoms with Crippen LogP contribution in [0.15, 0.2) is 41.1 Å². The van der Waals surface area contributed by atoms with Crippen molar-refractivity contribution in [2.24, 2.45) is 0 Å². The third-order valence-electron chi connectivity index (χ3n) is 3.74. The molecule has 0 fully saturated rings. The Balaban J connectivity index is 2.10. The smallest absolute Gasteiger partial charge is 0.141 e. The fourth-order valence-electron chi connectivity index (χ4n) is 2.36. The zero-order valence-electron chi connectivity index (χ0n) is 12.4. The second kappa shape index (κ2) is 6.02. The van der Waals surface area contributed by atoms with Gasteiger partial charge in [0.15, 0.2) is 0 Å². The summed E-state index contributed by atoms with van der Waals surface area (Å²) in [5, 5.41) is 13.8. The number of aliphatic hydroxyl groups excluding tert-OH is 1. The second-order valence-electron chi connectivity index (χ2n) is 5.26. The molecule has 0 unspecified atom stereocenters. The summed E-state index contributed by atoms with van der Waals surface area (Å²) in [5.41, 5.74) is 4.96. The van der Waals surface area contributed by atoms with E-state index in [9.17, 15) is 5.11 Å². The maximum Gasteiger partial charge on any atom is 0.141 e. The highest BCUT2D eigenvalue weighted by molar-refractivity contribution is 9.10. The molecule has 0 radical (unpaired) electrons. The summed E-state index contributed by atoms with van der Waals surface area (Å²) in [6.07, 6.45) is 1.55. The van der Waals surface area contributed by atoms with Gasteiger partial charge in [0.25, 0.3) is 0 Å². The quantitative estimate of drug-likeness (QED) is 0.735. The summed E-state index contributed by atoms with van der Waals surface area (Å²) < 4.78 is 0.932. The zero-order valence-corrected chi connectivity index (χ0v) is 14.0. The van der Waals surface area contributed by atoms with Crippen molar-refractivity contribution in [3.8, 4) is 0 Å². The predicted octanol–water partition coefficient (Wildman–Crippen LogP) is 4.25. The fourth-order valence-corrected chi connectivity index (χ4v) is 2.77. The number of aryl methyl sites for hydroxylation is 2. The van der Waals surface area contributed by atoms with E-state index < -0.39 is 0 Å². The lowest BCUT2D eigenvalue weighted by molar-refractivity contribution is 0.282. The van der Waals surface area contributed by atoms with Crippen LogP contribution < -0.4 is 5.32 Å². The molecule has 0 saturated heterocycles. The van der Waals surface area contributed by atoms with Gasteiger partial charge in [0.2, 0.25) is 0 Å². The van der Waals surface area contributed by atoms with Crippen LogP contribution in [0, 0.1) is 13.8 Å². The Morgan fingerprint density at radius 2 is 1.86 bits per heavy atom. The van der Waals surface area contributed by atoms with Gasteiger partial charge >= 0.3 is 0 Å². The molecule has 3 aromatic rings. The first-order valence-electron chi connectivity index (χ1n) is 6.97. The van der Waals surface area contributed by atoms with Crippen LogP contribution in [0.2, 0.25) is 0 Å². The molecule has 1 aromatic heterocycles. The molecule has 0 bridgehead atoms. The lowest BCUT2D eigenvalue weighted by Crippen LogP contribution is -2.00. The van der Waals surface area contributed by atoms with Gasteiger partial charge in [-0.1, -0.05) is 15.9 Å². The van der Waals surface area contributed by atoms with Crippen molar-refractivity contribution in [2.45, 2.75) is 20.5 Å². The van der Waals surface area contributed by atoms with Crippen molar-refractivity contribution in [3.05, 3.63) is 57.8 Å². The highest BCUT2D eigenvalue weighted by Gasteiger charge is 2.09. The van der Waals surface area contributed by atoms with Crippen molar-refractivity contribution >= 4 is 38.3 Å². The van der Waals surface area contributed by atoms with E-state index in [1.54, 1.807) is 6.33 Å². The summed E-state index contributed by atoms with van der Waals surface area (Å²) in [6, 6.07) is 9.89. The molecular formula is C17H16BrN3O. The molecule has 22 heavy (non-hydrogen) atoms.